The predicted molar refractivity (Wildman–Crippen MR) is 102 cm³/mol. The first kappa shape index (κ1) is 17.8. The van der Waals surface area contributed by atoms with Crippen LogP contribution in [0.5, 0.6) is 0 Å². The lowest BCUT2D eigenvalue weighted by atomic mass is 9.45. The van der Waals surface area contributed by atoms with Crippen LogP contribution < -0.4 is 0 Å². The van der Waals surface area contributed by atoms with Gasteiger partial charge >= 0.3 is 0 Å². The maximum atomic E-state index is 13.1. The molecule has 2 aliphatic rings. The Bertz CT molecular complexity index is 962. The van der Waals surface area contributed by atoms with Crippen molar-refractivity contribution >= 4 is 5.78 Å². The predicted octanol–water partition coefficient (Wildman–Crippen LogP) is 3.89. The van der Waals surface area contributed by atoms with Crippen molar-refractivity contribution in [2.45, 2.75) is 52.4 Å². The van der Waals surface area contributed by atoms with E-state index in [0.29, 0.717) is 12.2 Å². The second-order valence-electron chi connectivity index (χ2n) is 8.99. The van der Waals surface area contributed by atoms with Crippen molar-refractivity contribution in [2.24, 2.45) is 16.7 Å². The van der Waals surface area contributed by atoms with Crippen LogP contribution in [0.2, 0.25) is 0 Å². The number of hydrogen-bond acceptors (Lipinski definition) is 5. The van der Waals surface area contributed by atoms with Gasteiger partial charge < -0.3 is 0 Å². The third-order valence-corrected chi connectivity index (χ3v) is 6.72. The van der Waals surface area contributed by atoms with E-state index >= 15 is 0 Å². The van der Waals surface area contributed by atoms with E-state index in [1.165, 1.54) is 0 Å². The fourth-order valence-corrected chi connectivity index (χ4v) is 5.64. The molecular formula is C22H24N4O. The summed E-state index contributed by atoms with van der Waals surface area (Å²) in [6, 6.07) is 6.14. The molecule has 5 nitrogen and oxygen atoms in total. The molecule has 4 rings (SSSR count). The Morgan fingerprint density at radius 1 is 1.22 bits per heavy atom. The molecule has 0 aliphatic heterocycles. The molecule has 0 amide bonds. The van der Waals surface area contributed by atoms with Gasteiger partial charge in [0.1, 0.15) is 5.41 Å². The van der Waals surface area contributed by atoms with Gasteiger partial charge in [-0.2, -0.15) is 5.26 Å². The molecule has 1 fully saturated rings. The smallest absolute Gasteiger partial charge is 0.160 e. The second kappa shape index (κ2) is 5.69. The lowest BCUT2D eigenvalue weighted by Crippen LogP contribution is -2.59. The van der Waals surface area contributed by atoms with E-state index in [9.17, 15) is 10.1 Å². The summed E-state index contributed by atoms with van der Waals surface area (Å²) in [5.74, 6) is 0.866. The molecular weight excluding hydrogens is 336 g/mol. The molecule has 5 heteroatoms. The Hall–Kier alpha value is -2.61. The molecule has 27 heavy (non-hydrogen) atoms. The number of hydrogen-bond donors (Lipinski definition) is 0. The molecule has 0 bridgehead atoms. The number of Topliss-reactive ketones (excluding diaryl/α,β-unsaturated/α-hetero) is 1. The minimum absolute atomic E-state index is 0.0602. The summed E-state index contributed by atoms with van der Waals surface area (Å²) in [4.78, 5) is 26.8. The highest BCUT2D eigenvalue weighted by Crippen LogP contribution is 2.59. The molecule has 2 aliphatic carbocycles. The van der Waals surface area contributed by atoms with E-state index in [1.807, 2.05) is 32.2 Å². The van der Waals surface area contributed by atoms with E-state index in [4.69, 9.17) is 4.98 Å². The number of fused-ring (bicyclic) bond motifs is 3. The molecule has 2 aromatic rings. The van der Waals surface area contributed by atoms with E-state index < -0.39 is 10.8 Å². The minimum atomic E-state index is -0.997. The van der Waals surface area contributed by atoms with Crippen molar-refractivity contribution in [1.29, 1.82) is 5.26 Å². The van der Waals surface area contributed by atoms with E-state index in [0.717, 1.165) is 29.7 Å². The Morgan fingerprint density at radius 3 is 2.67 bits per heavy atom. The number of pyridine rings is 1. The molecule has 1 unspecified atom stereocenters. The number of carbonyl (C=O) groups is 1. The zero-order valence-electron chi connectivity index (χ0n) is 16.3. The zero-order valence-corrected chi connectivity index (χ0v) is 16.3. The van der Waals surface area contributed by atoms with Crippen molar-refractivity contribution in [3.63, 3.8) is 0 Å². The highest BCUT2D eigenvalue weighted by Gasteiger charge is 2.62. The maximum Gasteiger partial charge on any atom is 0.160 e. The van der Waals surface area contributed by atoms with Crippen molar-refractivity contribution < 1.29 is 4.79 Å². The topological polar surface area (TPSA) is 79.5 Å². The van der Waals surface area contributed by atoms with Crippen LogP contribution in [0.3, 0.4) is 0 Å². The average molecular weight is 360 g/mol. The molecule has 2 heterocycles. The van der Waals surface area contributed by atoms with Gasteiger partial charge in [0.15, 0.2) is 11.6 Å². The summed E-state index contributed by atoms with van der Waals surface area (Å²) < 4.78 is 0. The number of carbonyl (C=O) groups excluding carboxylic acids is 1. The van der Waals surface area contributed by atoms with E-state index in [2.05, 4.69) is 23.0 Å². The highest BCUT2D eigenvalue weighted by molar-refractivity contribution is 5.93. The first-order chi connectivity index (χ1) is 12.7. The van der Waals surface area contributed by atoms with Gasteiger partial charge in [-0.15, -0.1) is 0 Å². The molecule has 3 atom stereocenters. The Morgan fingerprint density at radius 2 is 2.00 bits per heavy atom. The molecule has 1 saturated carbocycles. The van der Waals surface area contributed by atoms with Crippen molar-refractivity contribution in [1.82, 2.24) is 15.0 Å². The zero-order chi connectivity index (χ0) is 19.4. The van der Waals surface area contributed by atoms with Crippen LogP contribution in [0.4, 0.5) is 0 Å². The molecule has 0 spiro atoms. The molecule has 2 aromatic heterocycles. The molecule has 138 valence electrons. The summed E-state index contributed by atoms with van der Waals surface area (Å²) in [5, 5.41) is 9.83. The first-order valence-corrected chi connectivity index (χ1v) is 9.45. The van der Waals surface area contributed by atoms with Crippen LogP contribution in [0, 0.1) is 28.1 Å². The van der Waals surface area contributed by atoms with E-state index in [1.54, 1.807) is 19.3 Å². The van der Waals surface area contributed by atoms with Gasteiger partial charge in [0.05, 0.1) is 11.8 Å². The standard InChI is InChI=1S/C22H24N4O/c1-20(2)16-8-7-14-11-25-18(15-6-5-9-24-10-15)26-17(14)22(16,4)12-21(3,13-23)19(20)27/h5-6,9-11,16H,7-8,12H2,1-4H3/t16-,21?,22-/m0/s1. The van der Waals surface area contributed by atoms with Gasteiger partial charge in [0.25, 0.3) is 0 Å². The highest BCUT2D eigenvalue weighted by atomic mass is 16.1. The molecule has 0 aromatic carbocycles. The molecule has 0 N–H and O–H groups in total. The van der Waals surface area contributed by atoms with Crippen molar-refractivity contribution in [3.05, 3.63) is 42.0 Å². The lowest BCUT2D eigenvalue weighted by molar-refractivity contribution is -0.147. The van der Waals surface area contributed by atoms with Crippen LogP contribution >= 0.6 is 0 Å². The third kappa shape index (κ3) is 2.43. The Labute approximate surface area is 159 Å². The fraction of sp³-hybridized carbons (Fsp3) is 0.500. The minimum Gasteiger partial charge on any atom is -0.297 e. The Balaban J connectivity index is 1.90. The summed E-state index contributed by atoms with van der Waals surface area (Å²) >= 11 is 0. The monoisotopic (exact) mass is 360 g/mol. The second-order valence-corrected chi connectivity index (χ2v) is 8.99. The SMILES string of the molecule is CC1(C#N)C[C@]2(C)c3nc(-c4cccnc4)ncc3CC[C@H]2C(C)(C)C1=O. The number of rotatable bonds is 1. The summed E-state index contributed by atoms with van der Waals surface area (Å²) in [5.41, 5.74) is 1.11. The third-order valence-electron chi connectivity index (χ3n) is 6.72. The summed E-state index contributed by atoms with van der Waals surface area (Å²) in [7, 11) is 0. The number of nitriles is 1. The molecule has 0 radical (unpaired) electrons. The van der Waals surface area contributed by atoms with Crippen LogP contribution in [-0.2, 0) is 16.6 Å². The van der Waals surface area contributed by atoms with Gasteiger partial charge in [-0.05, 0) is 49.8 Å². The maximum absolute atomic E-state index is 13.1. The van der Waals surface area contributed by atoms with Crippen LogP contribution in [0.1, 0.15) is 51.8 Å². The van der Waals surface area contributed by atoms with E-state index in [-0.39, 0.29) is 17.1 Å². The van der Waals surface area contributed by atoms with Crippen molar-refractivity contribution in [3.8, 4) is 17.5 Å². The number of nitrogens with zero attached hydrogens (tertiary/aromatic N) is 4. The number of aromatic nitrogens is 3. The van der Waals surface area contributed by atoms with Gasteiger partial charge in [-0.1, -0.05) is 20.8 Å². The number of ketones is 1. The normalized spacial score (nSPS) is 31.5. The Kier molecular flexibility index (Phi) is 3.75. The van der Waals surface area contributed by atoms with Crippen molar-refractivity contribution in [2.75, 3.05) is 0 Å². The largest absolute Gasteiger partial charge is 0.297 e. The summed E-state index contributed by atoms with van der Waals surface area (Å²) in [6.45, 7) is 7.97. The summed E-state index contributed by atoms with van der Waals surface area (Å²) in [6.07, 6.45) is 7.69. The van der Waals surface area contributed by atoms with Gasteiger partial charge in [-0.3, -0.25) is 9.78 Å². The fourth-order valence-electron chi connectivity index (χ4n) is 5.64. The van der Waals surface area contributed by atoms with Gasteiger partial charge in [-0.25, -0.2) is 9.97 Å². The first-order valence-electron chi connectivity index (χ1n) is 9.45. The van der Waals surface area contributed by atoms with Crippen LogP contribution in [-0.4, -0.2) is 20.7 Å². The van der Waals surface area contributed by atoms with Crippen LogP contribution in [0.15, 0.2) is 30.7 Å². The van der Waals surface area contributed by atoms with Gasteiger partial charge in [0, 0.05) is 35.0 Å². The lowest BCUT2D eigenvalue weighted by Gasteiger charge is -2.56. The van der Waals surface area contributed by atoms with Crippen LogP contribution in [0.25, 0.3) is 11.4 Å². The van der Waals surface area contributed by atoms with Gasteiger partial charge in [0.2, 0.25) is 0 Å². The average Bonchev–Trinajstić information content (AvgIpc) is 2.67. The number of aryl methyl sites for hydroxylation is 1. The molecule has 0 saturated heterocycles. The quantitative estimate of drug-likeness (QED) is 0.771.